The van der Waals surface area contributed by atoms with Crippen molar-refractivity contribution in [3.8, 4) is 11.5 Å². The third-order valence-corrected chi connectivity index (χ3v) is 6.90. The molecule has 0 saturated heterocycles. The average Bonchev–Trinajstić information content (AvgIpc) is 2.69. The van der Waals surface area contributed by atoms with Crippen LogP contribution in [0.4, 0.5) is 0 Å². The maximum absolute atomic E-state index is 12.0. The summed E-state index contributed by atoms with van der Waals surface area (Å²) in [7, 11) is -0.513. The van der Waals surface area contributed by atoms with Crippen molar-refractivity contribution < 1.29 is 22.7 Å². The normalized spacial score (nSPS) is 12.0. The van der Waals surface area contributed by atoms with Crippen molar-refractivity contribution >= 4 is 31.9 Å². The number of sulfonamides is 1. The number of carbonyl (C=O) groups excluding carboxylic acids is 1. The summed E-state index contributed by atoms with van der Waals surface area (Å²) in [6.07, 6.45) is 0. The summed E-state index contributed by atoms with van der Waals surface area (Å²) >= 11 is 3.49. The molecule has 0 radical (unpaired) electrons. The number of amides is 1. The van der Waals surface area contributed by atoms with E-state index in [-0.39, 0.29) is 29.4 Å². The largest absolute Gasteiger partial charge is 0.492 e. The molecule has 0 heterocycles. The Hall–Kier alpha value is -2.10. The number of carbonyl (C=O) groups is 1. The molecule has 9 heteroatoms. The van der Waals surface area contributed by atoms with Crippen LogP contribution in [-0.4, -0.2) is 52.5 Å². The highest BCUT2D eigenvalue weighted by atomic mass is 79.9. The summed E-state index contributed by atoms with van der Waals surface area (Å²) in [5.74, 6) is 0.862. The Morgan fingerprint density at radius 1 is 1.06 bits per heavy atom. The molecular formula is C22H29BrN2O5S. The fourth-order valence-corrected chi connectivity index (χ4v) is 3.95. The van der Waals surface area contributed by atoms with Crippen LogP contribution in [-0.2, 0) is 20.2 Å². The van der Waals surface area contributed by atoms with Crippen molar-refractivity contribution in [2.45, 2.75) is 31.1 Å². The zero-order chi connectivity index (χ0) is 23.2. The third-order valence-electron chi connectivity index (χ3n) is 4.45. The molecule has 0 atom stereocenters. The van der Waals surface area contributed by atoms with E-state index in [1.165, 1.54) is 31.8 Å². The quantitative estimate of drug-likeness (QED) is 0.519. The summed E-state index contributed by atoms with van der Waals surface area (Å²) in [6, 6.07) is 12.0. The molecule has 0 spiro atoms. The van der Waals surface area contributed by atoms with Gasteiger partial charge in [0.15, 0.2) is 6.61 Å². The van der Waals surface area contributed by atoms with Gasteiger partial charge in [-0.3, -0.25) is 4.79 Å². The van der Waals surface area contributed by atoms with Crippen molar-refractivity contribution in [1.82, 2.24) is 9.62 Å². The zero-order valence-corrected chi connectivity index (χ0v) is 20.8. The van der Waals surface area contributed by atoms with Crippen molar-refractivity contribution in [1.29, 1.82) is 0 Å². The molecule has 0 unspecified atom stereocenters. The van der Waals surface area contributed by atoms with Crippen LogP contribution in [0.25, 0.3) is 0 Å². The molecule has 0 saturated carbocycles. The lowest BCUT2D eigenvalue weighted by molar-refractivity contribution is -0.123. The standard InChI is InChI=1S/C22H29BrN2O5S/c1-22(2,3)16-6-11-20(19(23)14-16)30-15-21(26)24-12-13-29-17-7-9-18(10-8-17)31(27,28)25(4)5/h6-11,14H,12-13,15H2,1-5H3,(H,24,26). The number of hydrogen-bond acceptors (Lipinski definition) is 5. The monoisotopic (exact) mass is 512 g/mol. The van der Waals surface area contributed by atoms with E-state index in [2.05, 4.69) is 42.0 Å². The summed E-state index contributed by atoms with van der Waals surface area (Å²) in [6.45, 7) is 6.82. The van der Waals surface area contributed by atoms with Crippen LogP contribution in [0.5, 0.6) is 11.5 Å². The fourth-order valence-electron chi connectivity index (χ4n) is 2.56. The van der Waals surface area contributed by atoms with Gasteiger partial charge in [-0.05, 0) is 63.3 Å². The predicted molar refractivity (Wildman–Crippen MR) is 124 cm³/mol. The van der Waals surface area contributed by atoms with E-state index in [0.717, 1.165) is 8.78 Å². The molecule has 0 aliphatic carbocycles. The van der Waals surface area contributed by atoms with Crippen LogP contribution in [0.3, 0.4) is 0 Å². The zero-order valence-electron chi connectivity index (χ0n) is 18.4. The van der Waals surface area contributed by atoms with Gasteiger partial charge in [-0.25, -0.2) is 12.7 Å². The molecule has 1 amide bonds. The summed E-state index contributed by atoms with van der Waals surface area (Å²) in [5.41, 5.74) is 1.19. The molecule has 0 aliphatic heterocycles. The van der Waals surface area contributed by atoms with E-state index in [1.807, 2.05) is 18.2 Å². The number of benzene rings is 2. The molecule has 0 aromatic heterocycles. The number of ether oxygens (including phenoxy) is 2. The topological polar surface area (TPSA) is 84.9 Å². The molecule has 170 valence electrons. The summed E-state index contributed by atoms with van der Waals surface area (Å²) < 4.78 is 37.2. The van der Waals surface area contributed by atoms with Crippen LogP contribution in [0.1, 0.15) is 26.3 Å². The highest BCUT2D eigenvalue weighted by Crippen LogP contribution is 2.31. The van der Waals surface area contributed by atoms with E-state index in [4.69, 9.17) is 9.47 Å². The van der Waals surface area contributed by atoms with E-state index < -0.39 is 10.0 Å². The molecule has 2 rings (SSSR count). The fraction of sp³-hybridized carbons (Fsp3) is 0.409. The van der Waals surface area contributed by atoms with Gasteiger partial charge in [0.2, 0.25) is 10.0 Å². The number of nitrogens with one attached hydrogen (secondary N) is 1. The van der Waals surface area contributed by atoms with Crippen molar-refractivity contribution in [3.63, 3.8) is 0 Å². The minimum atomic E-state index is -3.47. The lowest BCUT2D eigenvalue weighted by Crippen LogP contribution is -2.32. The van der Waals surface area contributed by atoms with Gasteiger partial charge in [0.1, 0.15) is 18.1 Å². The SMILES string of the molecule is CN(C)S(=O)(=O)c1ccc(OCCNC(=O)COc2ccc(C(C)(C)C)cc2Br)cc1. The first kappa shape index (κ1) is 25.2. The highest BCUT2D eigenvalue weighted by molar-refractivity contribution is 9.10. The number of halogens is 1. The van der Waals surface area contributed by atoms with Crippen LogP contribution >= 0.6 is 15.9 Å². The molecule has 2 aromatic rings. The van der Waals surface area contributed by atoms with E-state index in [1.54, 1.807) is 12.1 Å². The summed E-state index contributed by atoms with van der Waals surface area (Å²) in [5, 5.41) is 2.72. The van der Waals surface area contributed by atoms with Gasteiger partial charge in [0, 0.05) is 14.1 Å². The Labute approximate surface area is 192 Å². The Balaban J connectivity index is 1.75. The van der Waals surface area contributed by atoms with E-state index in [9.17, 15) is 13.2 Å². The summed E-state index contributed by atoms with van der Waals surface area (Å²) in [4.78, 5) is 12.2. The maximum atomic E-state index is 12.0. The number of nitrogens with zero attached hydrogens (tertiary/aromatic N) is 1. The van der Waals surface area contributed by atoms with Crippen LogP contribution < -0.4 is 14.8 Å². The Morgan fingerprint density at radius 2 is 1.71 bits per heavy atom. The minimum absolute atomic E-state index is 0.0271. The third kappa shape index (κ3) is 7.22. The maximum Gasteiger partial charge on any atom is 0.258 e. The van der Waals surface area contributed by atoms with E-state index in [0.29, 0.717) is 18.0 Å². The van der Waals surface area contributed by atoms with Gasteiger partial charge < -0.3 is 14.8 Å². The first-order valence-corrected chi connectivity index (χ1v) is 12.0. The number of hydrogen-bond donors (Lipinski definition) is 1. The second kappa shape index (κ2) is 10.5. The highest BCUT2D eigenvalue weighted by Gasteiger charge is 2.17. The van der Waals surface area contributed by atoms with Gasteiger partial charge in [-0.2, -0.15) is 0 Å². The van der Waals surface area contributed by atoms with Crippen LogP contribution in [0, 0.1) is 0 Å². The minimum Gasteiger partial charge on any atom is -0.492 e. The molecule has 1 N–H and O–H groups in total. The van der Waals surface area contributed by atoms with Gasteiger partial charge in [-0.1, -0.05) is 26.8 Å². The van der Waals surface area contributed by atoms with Crippen LogP contribution in [0.15, 0.2) is 51.8 Å². The Kier molecular flexibility index (Phi) is 8.50. The number of rotatable bonds is 9. The van der Waals surface area contributed by atoms with Gasteiger partial charge in [-0.15, -0.1) is 0 Å². The van der Waals surface area contributed by atoms with Gasteiger partial charge in [0.25, 0.3) is 5.91 Å². The van der Waals surface area contributed by atoms with Gasteiger partial charge >= 0.3 is 0 Å². The first-order valence-electron chi connectivity index (χ1n) is 9.76. The molecule has 31 heavy (non-hydrogen) atoms. The first-order chi connectivity index (χ1) is 14.4. The molecule has 0 aliphatic rings. The van der Waals surface area contributed by atoms with Crippen LogP contribution in [0.2, 0.25) is 0 Å². The second-order valence-corrected chi connectivity index (χ2v) is 11.1. The Bertz CT molecular complexity index is 1000. The lowest BCUT2D eigenvalue weighted by atomic mass is 9.87. The van der Waals surface area contributed by atoms with Crippen molar-refractivity contribution in [3.05, 3.63) is 52.5 Å². The van der Waals surface area contributed by atoms with Gasteiger partial charge in [0.05, 0.1) is 15.9 Å². The molecule has 2 aromatic carbocycles. The molecular weight excluding hydrogens is 484 g/mol. The molecule has 7 nitrogen and oxygen atoms in total. The Morgan fingerprint density at radius 3 is 2.26 bits per heavy atom. The lowest BCUT2D eigenvalue weighted by Gasteiger charge is -2.20. The smallest absolute Gasteiger partial charge is 0.258 e. The predicted octanol–water partition coefficient (Wildman–Crippen LogP) is 3.57. The average molecular weight is 513 g/mol. The molecule has 0 fully saturated rings. The second-order valence-electron chi connectivity index (χ2n) is 8.14. The van der Waals surface area contributed by atoms with Crippen molar-refractivity contribution in [2.24, 2.45) is 0 Å². The molecule has 0 bridgehead atoms. The van der Waals surface area contributed by atoms with E-state index >= 15 is 0 Å². The van der Waals surface area contributed by atoms with Crippen molar-refractivity contribution in [2.75, 3.05) is 33.9 Å².